The molecule has 29 heavy (non-hydrogen) atoms. The van der Waals surface area contributed by atoms with Crippen LogP contribution in [0, 0.1) is 0 Å². The van der Waals surface area contributed by atoms with Crippen molar-refractivity contribution in [2.75, 3.05) is 0 Å². The summed E-state index contributed by atoms with van der Waals surface area (Å²) < 4.78 is 47.0. The smallest absolute Gasteiger partial charge is 0.417 e. The molecule has 0 spiro atoms. The van der Waals surface area contributed by atoms with Crippen LogP contribution in [-0.2, 0) is 6.18 Å². The predicted molar refractivity (Wildman–Crippen MR) is 104 cm³/mol. The monoisotopic (exact) mass is 400 g/mol. The Hall–Kier alpha value is -3.28. The van der Waals surface area contributed by atoms with E-state index in [2.05, 4.69) is 0 Å². The highest BCUT2D eigenvalue weighted by molar-refractivity contribution is 5.87. The van der Waals surface area contributed by atoms with Gasteiger partial charge in [-0.2, -0.15) is 13.2 Å². The van der Waals surface area contributed by atoms with E-state index in [1.807, 2.05) is 6.92 Å². The normalized spacial score (nSPS) is 12.4. The van der Waals surface area contributed by atoms with Gasteiger partial charge in [-0.15, -0.1) is 0 Å². The number of aromatic carboxylic acids is 1. The van der Waals surface area contributed by atoms with Gasteiger partial charge in [0.1, 0.15) is 11.9 Å². The Bertz CT molecular complexity index is 980. The number of benzene rings is 3. The lowest BCUT2D eigenvalue weighted by atomic mass is 9.95. The molecular weight excluding hydrogens is 381 g/mol. The van der Waals surface area contributed by atoms with E-state index in [1.165, 1.54) is 30.3 Å². The van der Waals surface area contributed by atoms with Crippen LogP contribution in [0.3, 0.4) is 0 Å². The van der Waals surface area contributed by atoms with Gasteiger partial charge in [-0.1, -0.05) is 49.4 Å². The number of carboxylic acids is 1. The Morgan fingerprint density at radius 1 is 1.00 bits per heavy atom. The number of hydrogen-bond donors (Lipinski definition) is 1. The van der Waals surface area contributed by atoms with Crippen LogP contribution in [0.2, 0.25) is 0 Å². The maximum absolute atomic E-state index is 13.7. The molecule has 1 unspecified atom stereocenters. The second-order valence-corrected chi connectivity index (χ2v) is 6.51. The lowest BCUT2D eigenvalue weighted by Gasteiger charge is -2.21. The molecule has 3 aromatic carbocycles. The lowest BCUT2D eigenvalue weighted by Crippen LogP contribution is -2.12. The molecule has 150 valence electrons. The minimum absolute atomic E-state index is 0.108. The van der Waals surface area contributed by atoms with Gasteiger partial charge in [-0.05, 0) is 53.4 Å². The molecule has 0 fully saturated rings. The standard InChI is InChI=1S/C23H19F3O3/c1-2-21(29-18-11-8-16(9-12-18)22(27)28)17-10-13-19(15-6-4-3-5-7-15)20(14-17)23(24,25)26/h3-14,21H,2H2,1H3,(H,27,28). The molecule has 0 aromatic heterocycles. The molecule has 0 aliphatic carbocycles. The number of halogens is 3. The zero-order chi connectivity index (χ0) is 21.0. The summed E-state index contributed by atoms with van der Waals surface area (Å²) in [5, 5.41) is 8.96. The fourth-order valence-corrected chi connectivity index (χ4v) is 3.09. The van der Waals surface area contributed by atoms with Crippen LogP contribution >= 0.6 is 0 Å². The van der Waals surface area contributed by atoms with Crippen LogP contribution in [0.15, 0.2) is 72.8 Å². The highest BCUT2D eigenvalue weighted by atomic mass is 19.4. The zero-order valence-electron chi connectivity index (χ0n) is 15.6. The van der Waals surface area contributed by atoms with E-state index in [0.29, 0.717) is 23.3 Å². The molecule has 0 bridgehead atoms. The van der Waals surface area contributed by atoms with Crippen LogP contribution < -0.4 is 4.74 Å². The summed E-state index contributed by atoms with van der Waals surface area (Å²) in [7, 11) is 0. The van der Waals surface area contributed by atoms with E-state index in [0.717, 1.165) is 6.07 Å². The van der Waals surface area contributed by atoms with Crippen molar-refractivity contribution in [3.63, 3.8) is 0 Å². The molecule has 0 saturated heterocycles. The van der Waals surface area contributed by atoms with E-state index in [4.69, 9.17) is 9.84 Å². The molecule has 3 aromatic rings. The fraction of sp³-hybridized carbons (Fsp3) is 0.174. The van der Waals surface area contributed by atoms with Gasteiger partial charge in [0.05, 0.1) is 11.1 Å². The summed E-state index contributed by atoms with van der Waals surface area (Å²) in [6, 6.07) is 18.4. The molecule has 1 N–H and O–H groups in total. The molecular formula is C23H19F3O3. The van der Waals surface area contributed by atoms with E-state index >= 15 is 0 Å². The highest BCUT2D eigenvalue weighted by Gasteiger charge is 2.34. The van der Waals surface area contributed by atoms with Gasteiger partial charge < -0.3 is 9.84 Å². The summed E-state index contributed by atoms with van der Waals surface area (Å²) in [6.45, 7) is 1.81. The minimum Gasteiger partial charge on any atom is -0.486 e. The molecule has 0 amide bonds. The molecule has 6 heteroatoms. The molecule has 0 saturated carbocycles. The number of hydrogen-bond acceptors (Lipinski definition) is 2. The van der Waals surface area contributed by atoms with Gasteiger partial charge in [0, 0.05) is 0 Å². The molecule has 1 atom stereocenters. The highest BCUT2D eigenvalue weighted by Crippen LogP contribution is 2.39. The van der Waals surface area contributed by atoms with Crippen molar-refractivity contribution in [2.45, 2.75) is 25.6 Å². The summed E-state index contributed by atoms with van der Waals surface area (Å²) in [4.78, 5) is 10.9. The van der Waals surface area contributed by atoms with E-state index in [-0.39, 0.29) is 11.1 Å². The van der Waals surface area contributed by atoms with Crippen molar-refractivity contribution < 1.29 is 27.8 Å². The van der Waals surface area contributed by atoms with Crippen molar-refractivity contribution >= 4 is 5.97 Å². The predicted octanol–water partition coefficient (Wildman–Crippen LogP) is 6.60. The van der Waals surface area contributed by atoms with Gasteiger partial charge in [0.15, 0.2) is 0 Å². The third kappa shape index (κ3) is 4.77. The van der Waals surface area contributed by atoms with Gasteiger partial charge >= 0.3 is 12.1 Å². The van der Waals surface area contributed by atoms with Crippen molar-refractivity contribution in [3.8, 4) is 16.9 Å². The summed E-state index contributed by atoms with van der Waals surface area (Å²) >= 11 is 0. The van der Waals surface area contributed by atoms with Crippen LogP contribution in [0.5, 0.6) is 5.75 Å². The Morgan fingerprint density at radius 2 is 1.66 bits per heavy atom. The zero-order valence-corrected chi connectivity index (χ0v) is 15.6. The largest absolute Gasteiger partial charge is 0.486 e. The second-order valence-electron chi connectivity index (χ2n) is 6.51. The molecule has 0 aliphatic rings. The molecule has 0 radical (unpaired) electrons. The maximum Gasteiger partial charge on any atom is 0.417 e. The summed E-state index contributed by atoms with van der Waals surface area (Å²) in [6.07, 6.45) is -4.66. The third-order valence-electron chi connectivity index (χ3n) is 4.56. The van der Waals surface area contributed by atoms with Crippen molar-refractivity contribution in [1.82, 2.24) is 0 Å². The number of carboxylic acid groups (broad SMARTS) is 1. The Labute approximate surface area is 166 Å². The molecule has 0 aliphatic heterocycles. The number of carbonyl (C=O) groups is 1. The van der Waals surface area contributed by atoms with Crippen molar-refractivity contribution in [3.05, 3.63) is 89.5 Å². The first kappa shape index (κ1) is 20.5. The van der Waals surface area contributed by atoms with Crippen molar-refractivity contribution in [2.24, 2.45) is 0 Å². The fourth-order valence-electron chi connectivity index (χ4n) is 3.09. The maximum atomic E-state index is 13.7. The first-order valence-corrected chi connectivity index (χ1v) is 9.06. The second kappa shape index (κ2) is 8.39. The summed E-state index contributed by atoms with van der Waals surface area (Å²) in [5.74, 6) is -0.669. The summed E-state index contributed by atoms with van der Waals surface area (Å²) in [5.41, 5.74) is 0.398. The number of rotatable bonds is 6. The first-order chi connectivity index (χ1) is 13.8. The van der Waals surface area contributed by atoms with Gasteiger partial charge in [0.25, 0.3) is 0 Å². The Balaban J connectivity index is 1.95. The van der Waals surface area contributed by atoms with E-state index < -0.39 is 23.8 Å². The quantitative estimate of drug-likeness (QED) is 0.507. The van der Waals surface area contributed by atoms with E-state index in [9.17, 15) is 18.0 Å². The average Bonchev–Trinajstić information content (AvgIpc) is 2.72. The van der Waals surface area contributed by atoms with Crippen molar-refractivity contribution in [1.29, 1.82) is 0 Å². The SMILES string of the molecule is CCC(Oc1ccc(C(=O)O)cc1)c1ccc(-c2ccccc2)c(C(F)(F)F)c1. The third-order valence-corrected chi connectivity index (χ3v) is 4.56. The Kier molecular flexibility index (Phi) is 5.92. The topological polar surface area (TPSA) is 46.5 Å². The minimum atomic E-state index is -4.51. The first-order valence-electron chi connectivity index (χ1n) is 9.06. The van der Waals surface area contributed by atoms with Crippen LogP contribution in [0.25, 0.3) is 11.1 Å². The Morgan fingerprint density at radius 3 is 2.21 bits per heavy atom. The lowest BCUT2D eigenvalue weighted by molar-refractivity contribution is -0.137. The van der Waals surface area contributed by atoms with Gasteiger partial charge in [-0.25, -0.2) is 4.79 Å². The molecule has 3 nitrogen and oxygen atoms in total. The van der Waals surface area contributed by atoms with Crippen LogP contribution in [-0.4, -0.2) is 11.1 Å². The molecule has 0 heterocycles. The van der Waals surface area contributed by atoms with Crippen LogP contribution in [0.4, 0.5) is 13.2 Å². The van der Waals surface area contributed by atoms with Gasteiger partial charge in [0.2, 0.25) is 0 Å². The molecule has 3 rings (SSSR count). The average molecular weight is 400 g/mol. The van der Waals surface area contributed by atoms with E-state index in [1.54, 1.807) is 36.4 Å². The van der Waals surface area contributed by atoms with Gasteiger partial charge in [-0.3, -0.25) is 0 Å². The van der Waals surface area contributed by atoms with Crippen LogP contribution in [0.1, 0.15) is 40.9 Å². The number of alkyl halides is 3. The number of ether oxygens (including phenoxy) is 1.